The van der Waals surface area contributed by atoms with Crippen LogP contribution in [0, 0.1) is 13.8 Å². The second kappa shape index (κ2) is 6.40. The molecule has 8 heteroatoms. The van der Waals surface area contributed by atoms with Crippen molar-refractivity contribution >= 4 is 23.1 Å². The molecule has 0 aliphatic heterocycles. The van der Waals surface area contributed by atoms with Crippen LogP contribution in [0.3, 0.4) is 0 Å². The van der Waals surface area contributed by atoms with E-state index in [1.807, 2.05) is 36.9 Å². The molecule has 3 rings (SSSR count). The molecule has 3 heterocycles. The SMILES string of the molecule is Cc1ccc(-c2cn(CCCSc3nnc(C)s3)nn2)o1. The molecule has 0 saturated carbocycles. The fourth-order valence-corrected chi connectivity index (χ4v) is 3.63. The lowest BCUT2D eigenvalue weighted by Crippen LogP contribution is -1.99. The summed E-state index contributed by atoms with van der Waals surface area (Å²) >= 11 is 3.36. The third-order valence-corrected chi connectivity index (χ3v) is 4.85. The van der Waals surface area contributed by atoms with Gasteiger partial charge in [-0.05, 0) is 32.4 Å². The van der Waals surface area contributed by atoms with Gasteiger partial charge in [-0.1, -0.05) is 28.3 Å². The molecule has 3 aromatic heterocycles. The minimum absolute atomic E-state index is 0.762. The third-order valence-electron chi connectivity index (χ3n) is 2.80. The van der Waals surface area contributed by atoms with Crippen molar-refractivity contribution in [2.45, 2.75) is 31.2 Å². The maximum atomic E-state index is 5.53. The minimum Gasteiger partial charge on any atom is -0.460 e. The third kappa shape index (κ3) is 3.70. The first-order chi connectivity index (χ1) is 10.2. The van der Waals surface area contributed by atoms with E-state index >= 15 is 0 Å². The number of hydrogen-bond donors (Lipinski definition) is 0. The minimum atomic E-state index is 0.762. The first kappa shape index (κ1) is 14.3. The Morgan fingerprint density at radius 3 is 2.86 bits per heavy atom. The lowest BCUT2D eigenvalue weighted by molar-refractivity contribution is 0.546. The van der Waals surface area contributed by atoms with E-state index in [4.69, 9.17) is 4.42 Å². The number of nitrogens with zero attached hydrogens (tertiary/aromatic N) is 5. The van der Waals surface area contributed by atoms with E-state index in [1.165, 1.54) is 0 Å². The highest BCUT2D eigenvalue weighted by Crippen LogP contribution is 2.23. The summed E-state index contributed by atoms with van der Waals surface area (Å²) in [5, 5.41) is 17.4. The van der Waals surface area contributed by atoms with Gasteiger partial charge in [0.15, 0.2) is 10.1 Å². The van der Waals surface area contributed by atoms with Crippen LogP contribution in [0.1, 0.15) is 17.2 Å². The van der Waals surface area contributed by atoms with Crippen LogP contribution in [-0.2, 0) is 6.54 Å². The Kier molecular flexibility index (Phi) is 4.35. The van der Waals surface area contributed by atoms with Gasteiger partial charge in [0.2, 0.25) is 0 Å². The van der Waals surface area contributed by atoms with Gasteiger partial charge in [0.25, 0.3) is 0 Å². The molecule has 0 saturated heterocycles. The van der Waals surface area contributed by atoms with Crippen LogP contribution in [0.5, 0.6) is 0 Å². The van der Waals surface area contributed by atoms with Crippen LogP contribution in [0.4, 0.5) is 0 Å². The molecular weight excluding hydrogens is 306 g/mol. The van der Waals surface area contributed by atoms with Crippen molar-refractivity contribution in [1.29, 1.82) is 0 Å². The normalized spacial score (nSPS) is 11.1. The molecule has 0 atom stereocenters. The van der Waals surface area contributed by atoms with Gasteiger partial charge in [-0.15, -0.1) is 15.3 Å². The van der Waals surface area contributed by atoms with Crippen LogP contribution in [0.2, 0.25) is 0 Å². The Labute approximate surface area is 130 Å². The molecule has 0 unspecified atom stereocenters. The van der Waals surface area contributed by atoms with E-state index in [1.54, 1.807) is 23.1 Å². The van der Waals surface area contributed by atoms with E-state index in [0.717, 1.165) is 45.3 Å². The van der Waals surface area contributed by atoms with Crippen molar-refractivity contribution in [3.63, 3.8) is 0 Å². The van der Waals surface area contributed by atoms with Crippen molar-refractivity contribution in [3.8, 4) is 11.5 Å². The van der Waals surface area contributed by atoms with Crippen molar-refractivity contribution in [1.82, 2.24) is 25.2 Å². The fourth-order valence-electron chi connectivity index (χ4n) is 1.82. The van der Waals surface area contributed by atoms with Crippen molar-refractivity contribution in [2.24, 2.45) is 0 Å². The molecule has 0 aliphatic rings. The maximum absolute atomic E-state index is 5.53. The largest absolute Gasteiger partial charge is 0.460 e. The fraction of sp³-hybridized carbons (Fsp3) is 0.385. The van der Waals surface area contributed by atoms with Gasteiger partial charge in [0.05, 0.1) is 6.20 Å². The number of rotatable bonds is 6. The van der Waals surface area contributed by atoms with Gasteiger partial charge in [-0.2, -0.15) is 0 Å². The van der Waals surface area contributed by atoms with Crippen molar-refractivity contribution < 1.29 is 4.42 Å². The molecule has 0 amide bonds. The van der Waals surface area contributed by atoms with E-state index in [2.05, 4.69) is 20.5 Å². The number of aryl methyl sites for hydroxylation is 3. The topological polar surface area (TPSA) is 69.6 Å². The van der Waals surface area contributed by atoms with Gasteiger partial charge in [-0.25, -0.2) is 0 Å². The lowest BCUT2D eigenvalue weighted by atomic mass is 10.3. The van der Waals surface area contributed by atoms with Crippen LogP contribution >= 0.6 is 23.1 Å². The van der Waals surface area contributed by atoms with Gasteiger partial charge >= 0.3 is 0 Å². The highest BCUT2D eigenvalue weighted by Gasteiger charge is 2.07. The average Bonchev–Trinajstić information content (AvgIpc) is 3.16. The zero-order valence-electron chi connectivity index (χ0n) is 11.8. The number of hydrogen-bond acceptors (Lipinski definition) is 7. The second-order valence-electron chi connectivity index (χ2n) is 4.57. The summed E-state index contributed by atoms with van der Waals surface area (Å²) in [6.45, 7) is 4.72. The predicted octanol–water partition coefficient (Wildman–Crippen LogP) is 3.19. The molecule has 0 radical (unpaired) electrons. The van der Waals surface area contributed by atoms with E-state index in [-0.39, 0.29) is 0 Å². The highest BCUT2D eigenvalue weighted by atomic mass is 32.2. The lowest BCUT2D eigenvalue weighted by Gasteiger charge is -1.98. The highest BCUT2D eigenvalue weighted by molar-refractivity contribution is 8.01. The average molecular weight is 321 g/mol. The van der Waals surface area contributed by atoms with Crippen molar-refractivity contribution in [2.75, 3.05) is 5.75 Å². The molecular formula is C13H15N5OS2. The number of aromatic nitrogens is 5. The van der Waals surface area contributed by atoms with Gasteiger partial charge in [0, 0.05) is 12.3 Å². The molecule has 21 heavy (non-hydrogen) atoms. The monoisotopic (exact) mass is 321 g/mol. The zero-order valence-corrected chi connectivity index (χ0v) is 13.4. The van der Waals surface area contributed by atoms with Gasteiger partial charge in [0.1, 0.15) is 16.5 Å². The Morgan fingerprint density at radius 2 is 2.14 bits per heavy atom. The summed E-state index contributed by atoms with van der Waals surface area (Å²) < 4.78 is 8.41. The molecule has 110 valence electrons. The van der Waals surface area contributed by atoms with E-state index in [9.17, 15) is 0 Å². The predicted molar refractivity (Wildman–Crippen MR) is 82.4 cm³/mol. The van der Waals surface area contributed by atoms with E-state index < -0.39 is 0 Å². The van der Waals surface area contributed by atoms with Crippen molar-refractivity contribution in [3.05, 3.63) is 29.1 Å². The maximum Gasteiger partial charge on any atom is 0.174 e. The summed E-state index contributed by atoms with van der Waals surface area (Å²) in [6.07, 6.45) is 2.92. The molecule has 0 fully saturated rings. The molecule has 0 aliphatic carbocycles. The standard InChI is InChI=1S/C13H15N5OS2/c1-9-4-5-12(19-9)11-8-18(17-15-11)6-3-7-20-13-16-14-10(2)21-13/h4-5,8H,3,6-7H2,1-2H3. The summed E-state index contributed by atoms with van der Waals surface area (Å²) in [7, 11) is 0. The van der Waals surface area contributed by atoms with E-state index in [0.29, 0.717) is 0 Å². The summed E-state index contributed by atoms with van der Waals surface area (Å²) in [4.78, 5) is 0. The second-order valence-corrected chi connectivity index (χ2v) is 7.09. The van der Waals surface area contributed by atoms with Crippen LogP contribution < -0.4 is 0 Å². The summed E-state index contributed by atoms with van der Waals surface area (Å²) in [5.74, 6) is 2.63. The molecule has 6 nitrogen and oxygen atoms in total. The number of thioether (sulfide) groups is 1. The van der Waals surface area contributed by atoms with Crippen LogP contribution in [0.25, 0.3) is 11.5 Å². The summed E-state index contributed by atoms with van der Waals surface area (Å²) in [6, 6.07) is 3.84. The Bertz CT molecular complexity index is 718. The Hall–Kier alpha value is -1.67. The molecule has 3 aromatic rings. The molecule has 0 N–H and O–H groups in total. The zero-order chi connectivity index (χ0) is 14.7. The Morgan fingerprint density at radius 1 is 1.24 bits per heavy atom. The molecule has 0 spiro atoms. The molecule has 0 aromatic carbocycles. The molecule has 0 bridgehead atoms. The van der Waals surface area contributed by atoms with Crippen LogP contribution in [0.15, 0.2) is 27.1 Å². The first-order valence-electron chi connectivity index (χ1n) is 6.60. The summed E-state index contributed by atoms with van der Waals surface area (Å²) in [5.41, 5.74) is 0.774. The van der Waals surface area contributed by atoms with Gasteiger partial charge < -0.3 is 4.42 Å². The van der Waals surface area contributed by atoms with Crippen LogP contribution in [-0.4, -0.2) is 30.9 Å². The Balaban J connectivity index is 1.49. The first-order valence-corrected chi connectivity index (χ1v) is 8.41. The quantitative estimate of drug-likeness (QED) is 0.513. The van der Waals surface area contributed by atoms with Gasteiger partial charge in [-0.3, -0.25) is 4.68 Å². The smallest absolute Gasteiger partial charge is 0.174 e. The number of furan rings is 1.